The second-order valence-electron chi connectivity index (χ2n) is 6.50. The van der Waals surface area contributed by atoms with Crippen molar-refractivity contribution < 1.29 is 9.53 Å². The van der Waals surface area contributed by atoms with E-state index in [1.165, 1.54) is 6.20 Å². The third kappa shape index (κ3) is 3.27. The minimum absolute atomic E-state index is 0.207. The minimum Gasteiger partial charge on any atom is -0.383 e. The van der Waals surface area contributed by atoms with Gasteiger partial charge in [-0.05, 0) is 17.7 Å². The van der Waals surface area contributed by atoms with Gasteiger partial charge in [-0.1, -0.05) is 42.5 Å². The number of H-pyrrole nitrogens is 1. The van der Waals surface area contributed by atoms with Crippen LogP contribution in [0.15, 0.2) is 65.6 Å². The van der Waals surface area contributed by atoms with E-state index < -0.39 is 0 Å². The van der Waals surface area contributed by atoms with Gasteiger partial charge in [-0.3, -0.25) is 9.59 Å². The number of aromatic amines is 1. The summed E-state index contributed by atoms with van der Waals surface area (Å²) < 4.78 is 6.77. The third-order valence-corrected chi connectivity index (χ3v) is 4.68. The van der Waals surface area contributed by atoms with Crippen LogP contribution in [0.25, 0.3) is 16.6 Å². The Morgan fingerprint density at radius 3 is 2.68 bits per heavy atom. The van der Waals surface area contributed by atoms with Crippen LogP contribution in [0.2, 0.25) is 0 Å². The van der Waals surface area contributed by atoms with Crippen LogP contribution in [0.5, 0.6) is 0 Å². The van der Waals surface area contributed by atoms with E-state index in [-0.39, 0.29) is 11.5 Å². The minimum atomic E-state index is -0.246. The molecule has 0 saturated heterocycles. The number of ether oxygens (including phenoxy) is 1. The zero-order valence-electron chi connectivity index (χ0n) is 15.5. The fourth-order valence-corrected chi connectivity index (χ4v) is 3.26. The first kappa shape index (κ1) is 17.9. The number of methoxy groups -OCH3 is 1. The summed E-state index contributed by atoms with van der Waals surface area (Å²) in [4.78, 5) is 30.2. The number of para-hydroxylation sites is 1. The van der Waals surface area contributed by atoms with E-state index in [2.05, 4.69) is 10.1 Å². The highest BCUT2D eigenvalue weighted by Crippen LogP contribution is 2.17. The first-order valence-corrected chi connectivity index (χ1v) is 9.00. The van der Waals surface area contributed by atoms with Gasteiger partial charge in [0, 0.05) is 20.2 Å². The van der Waals surface area contributed by atoms with Crippen LogP contribution in [0.4, 0.5) is 0 Å². The third-order valence-electron chi connectivity index (χ3n) is 4.68. The molecule has 0 atom stereocenters. The first-order valence-electron chi connectivity index (χ1n) is 9.00. The topological polar surface area (TPSA) is 79.7 Å². The maximum atomic E-state index is 13.3. The first-order chi connectivity index (χ1) is 13.7. The summed E-state index contributed by atoms with van der Waals surface area (Å²) in [6, 6.07) is 16.9. The van der Waals surface area contributed by atoms with Gasteiger partial charge in [0.25, 0.3) is 11.5 Å². The molecule has 4 aromatic rings. The summed E-state index contributed by atoms with van der Waals surface area (Å²) >= 11 is 0. The van der Waals surface area contributed by atoms with Crippen molar-refractivity contribution in [3.63, 3.8) is 0 Å². The molecule has 0 bridgehead atoms. The molecule has 0 aliphatic rings. The Hall–Kier alpha value is -3.45. The van der Waals surface area contributed by atoms with E-state index in [0.29, 0.717) is 41.8 Å². The maximum absolute atomic E-state index is 13.3. The molecule has 2 aromatic carbocycles. The lowest BCUT2D eigenvalue weighted by molar-refractivity contribution is 0.0682. The quantitative estimate of drug-likeness (QED) is 0.561. The van der Waals surface area contributed by atoms with Crippen LogP contribution in [-0.2, 0) is 11.3 Å². The fraction of sp³-hybridized carbons (Fsp3) is 0.190. The molecular formula is C21H20N4O3. The molecule has 2 aromatic heterocycles. The molecule has 7 heteroatoms. The molecule has 7 nitrogen and oxygen atoms in total. The average Bonchev–Trinajstić information content (AvgIpc) is 3.15. The van der Waals surface area contributed by atoms with Gasteiger partial charge in [-0.15, -0.1) is 0 Å². The second-order valence-corrected chi connectivity index (χ2v) is 6.50. The van der Waals surface area contributed by atoms with Crippen LogP contribution in [0.1, 0.15) is 15.9 Å². The molecule has 1 amide bonds. The molecule has 0 unspecified atom stereocenters. The van der Waals surface area contributed by atoms with Crippen molar-refractivity contribution in [2.45, 2.75) is 6.54 Å². The number of aromatic nitrogens is 3. The number of hydrogen-bond acceptors (Lipinski definition) is 4. The van der Waals surface area contributed by atoms with Gasteiger partial charge in [0.05, 0.1) is 23.7 Å². The fourth-order valence-electron chi connectivity index (χ4n) is 3.26. The lowest BCUT2D eigenvalue weighted by Crippen LogP contribution is -2.33. The second kappa shape index (κ2) is 7.66. The van der Waals surface area contributed by atoms with Gasteiger partial charge in [0.1, 0.15) is 11.2 Å². The van der Waals surface area contributed by atoms with Crippen LogP contribution >= 0.6 is 0 Å². The van der Waals surface area contributed by atoms with E-state index in [0.717, 1.165) is 5.56 Å². The lowest BCUT2D eigenvalue weighted by atomic mass is 10.2. The number of benzene rings is 2. The molecule has 2 heterocycles. The van der Waals surface area contributed by atoms with Gasteiger partial charge < -0.3 is 14.6 Å². The van der Waals surface area contributed by atoms with Gasteiger partial charge in [-0.2, -0.15) is 5.10 Å². The number of nitrogens with one attached hydrogen (secondary N) is 1. The highest BCUT2D eigenvalue weighted by molar-refractivity contribution is 6.00. The Morgan fingerprint density at radius 2 is 1.89 bits per heavy atom. The highest BCUT2D eigenvalue weighted by atomic mass is 16.5. The summed E-state index contributed by atoms with van der Waals surface area (Å²) in [5, 5.41) is 4.87. The number of fused-ring (bicyclic) bond motifs is 3. The number of hydrogen-bond donors (Lipinski definition) is 1. The van der Waals surface area contributed by atoms with E-state index in [1.54, 1.807) is 28.7 Å². The summed E-state index contributed by atoms with van der Waals surface area (Å²) in [7, 11) is 1.60. The summed E-state index contributed by atoms with van der Waals surface area (Å²) in [6.07, 6.45) is 1.50. The predicted octanol–water partition coefficient (Wildman–Crippen LogP) is 2.46. The van der Waals surface area contributed by atoms with Crippen molar-refractivity contribution in [2.75, 3.05) is 20.3 Å². The Kier molecular flexibility index (Phi) is 4.90. The molecule has 0 aliphatic heterocycles. The highest BCUT2D eigenvalue weighted by Gasteiger charge is 2.22. The standard InChI is InChI=1S/C21H20N4O3/c1-28-12-11-24(14-15-7-3-2-4-8-15)21(27)17-13-22-25-18-10-6-5-9-16(18)20(26)23-19(17)25/h2-10,13H,11-12,14H2,1H3,(H,23,26). The predicted molar refractivity (Wildman–Crippen MR) is 106 cm³/mol. The number of rotatable bonds is 6. The van der Waals surface area contributed by atoms with Crippen LogP contribution in [0.3, 0.4) is 0 Å². The normalized spacial score (nSPS) is 11.2. The number of nitrogens with zero attached hydrogens (tertiary/aromatic N) is 3. The molecule has 4 rings (SSSR count). The number of carbonyl (C=O) groups is 1. The molecule has 0 spiro atoms. The number of carbonyl (C=O) groups excluding carboxylic acids is 1. The van der Waals surface area contributed by atoms with E-state index >= 15 is 0 Å². The van der Waals surface area contributed by atoms with E-state index in [9.17, 15) is 9.59 Å². The van der Waals surface area contributed by atoms with Gasteiger partial charge in [-0.25, -0.2) is 4.52 Å². The van der Waals surface area contributed by atoms with Gasteiger partial charge >= 0.3 is 0 Å². The van der Waals surface area contributed by atoms with Gasteiger partial charge in [0.2, 0.25) is 0 Å². The summed E-state index contributed by atoms with van der Waals surface area (Å²) in [5.41, 5.74) is 2.18. The largest absolute Gasteiger partial charge is 0.383 e. The van der Waals surface area contributed by atoms with Crippen LogP contribution in [0, 0.1) is 0 Å². The van der Waals surface area contributed by atoms with Crippen molar-refractivity contribution in [3.05, 3.63) is 82.3 Å². The molecule has 0 fully saturated rings. The summed E-state index contributed by atoms with van der Waals surface area (Å²) in [5.74, 6) is -0.207. The molecule has 142 valence electrons. The lowest BCUT2D eigenvalue weighted by Gasteiger charge is -2.22. The Morgan fingerprint density at radius 1 is 1.14 bits per heavy atom. The van der Waals surface area contributed by atoms with Crippen molar-refractivity contribution >= 4 is 22.5 Å². The van der Waals surface area contributed by atoms with Crippen molar-refractivity contribution in [3.8, 4) is 0 Å². The molecule has 0 saturated carbocycles. The molecule has 1 N–H and O–H groups in total. The zero-order chi connectivity index (χ0) is 19.5. The monoisotopic (exact) mass is 376 g/mol. The smallest absolute Gasteiger partial charge is 0.259 e. The summed E-state index contributed by atoms with van der Waals surface area (Å²) in [6.45, 7) is 1.29. The van der Waals surface area contributed by atoms with Gasteiger partial charge in [0.15, 0.2) is 0 Å². The Bertz CT molecular complexity index is 1180. The molecule has 0 aliphatic carbocycles. The van der Waals surface area contributed by atoms with Crippen molar-refractivity contribution in [2.24, 2.45) is 0 Å². The molecule has 28 heavy (non-hydrogen) atoms. The maximum Gasteiger partial charge on any atom is 0.259 e. The van der Waals surface area contributed by atoms with Crippen LogP contribution in [-0.4, -0.2) is 45.7 Å². The average molecular weight is 376 g/mol. The van der Waals surface area contributed by atoms with E-state index in [4.69, 9.17) is 4.74 Å². The zero-order valence-corrected chi connectivity index (χ0v) is 15.5. The Balaban J connectivity index is 1.76. The van der Waals surface area contributed by atoms with Crippen LogP contribution < -0.4 is 5.56 Å². The SMILES string of the molecule is COCCN(Cc1ccccc1)C(=O)c1cnn2c1[nH]c(=O)c1ccccc12. The van der Waals surface area contributed by atoms with E-state index in [1.807, 2.05) is 42.5 Å². The molecular weight excluding hydrogens is 356 g/mol. The Labute approximate surface area is 161 Å². The van der Waals surface area contributed by atoms with Crippen molar-refractivity contribution in [1.82, 2.24) is 19.5 Å². The van der Waals surface area contributed by atoms with Crippen molar-refractivity contribution in [1.29, 1.82) is 0 Å². The number of amides is 1. The molecule has 0 radical (unpaired) electrons.